The first-order valence-corrected chi connectivity index (χ1v) is 4.75. The molecule has 1 aliphatic rings. The highest BCUT2D eigenvalue weighted by Crippen LogP contribution is 2.23. The first-order valence-electron chi connectivity index (χ1n) is 4.75. The summed E-state index contributed by atoms with van der Waals surface area (Å²) in [6.45, 7) is 1.89. The number of nitrogens with zero attached hydrogens (tertiary/aromatic N) is 2. The van der Waals surface area contributed by atoms with Gasteiger partial charge in [-0.05, 0) is 25.1 Å². The van der Waals surface area contributed by atoms with E-state index in [1.807, 2.05) is 0 Å². The summed E-state index contributed by atoms with van der Waals surface area (Å²) in [5.74, 6) is -0.219. The predicted molar refractivity (Wildman–Crippen MR) is 54.3 cm³/mol. The molecule has 0 atom stereocenters. The van der Waals surface area contributed by atoms with Crippen LogP contribution < -0.4 is 0 Å². The van der Waals surface area contributed by atoms with Gasteiger partial charge in [-0.1, -0.05) is 6.08 Å². The van der Waals surface area contributed by atoms with E-state index in [-0.39, 0.29) is 5.82 Å². The van der Waals surface area contributed by atoms with Crippen molar-refractivity contribution in [1.82, 2.24) is 9.88 Å². The maximum atomic E-state index is 13.4. The summed E-state index contributed by atoms with van der Waals surface area (Å²) in [5.41, 5.74) is 1.80. The Morgan fingerprint density at radius 2 is 2.36 bits per heavy atom. The van der Waals surface area contributed by atoms with Crippen molar-refractivity contribution in [3.63, 3.8) is 0 Å². The van der Waals surface area contributed by atoms with Gasteiger partial charge in [-0.2, -0.15) is 0 Å². The van der Waals surface area contributed by atoms with Crippen LogP contribution in [-0.4, -0.2) is 30.0 Å². The molecule has 0 aliphatic carbocycles. The van der Waals surface area contributed by atoms with E-state index in [9.17, 15) is 4.39 Å². The van der Waals surface area contributed by atoms with Crippen LogP contribution in [0.5, 0.6) is 0 Å². The summed E-state index contributed by atoms with van der Waals surface area (Å²) in [6.07, 6.45) is 5.91. The second kappa shape index (κ2) is 3.88. The van der Waals surface area contributed by atoms with Crippen LogP contribution in [0.4, 0.5) is 4.39 Å². The lowest BCUT2D eigenvalue weighted by Gasteiger charge is -2.22. The Morgan fingerprint density at radius 1 is 1.50 bits per heavy atom. The number of pyridine rings is 1. The number of hydrogen-bond donors (Lipinski definition) is 0. The zero-order valence-corrected chi connectivity index (χ0v) is 8.20. The Bertz CT molecular complexity index is 360. The average molecular weight is 192 g/mol. The lowest BCUT2D eigenvalue weighted by atomic mass is 10.0. The van der Waals surface area contributed by atoms with Crippen LogP contribution in [-0.2, 0) is 0 Å². The summed E-state index contributed by atoms with van der Waals surface area (Å²) in [5, 5.41) is 0. The molecule has 2 rings (SSSR count). The van der Waals surface area contributed by atoms with E-state index in [0.717, 1.165) is 25.1 Å². The third-order valence-electron chi connectivity index (χ3n) is 2.53. The zero-order chi connectivity index (χ0) is 9.97. The van der Waals surface area contributed by atoms with E-state index >= 15 is 0 Å². The van der Waals surface area contributed by atoms with Crippen molar-refractivity contribution in [1.29, 1.82) is 0 Å². The fourth-order valence-electron chi connectivity index (χ4n) is 1.65. The summed E-state index contributed by atoms with van der Waals surface area (Å²) in [6, 6.07) is 1.74. The van der Waals surface area contributed by atoms with Gasteiger partial charge in [0, 0.05) is 24.8 Å². The van der Waals surface area contributed by atoms with Gasteiger partial charge in [-0.3, -0.25) is 4.98 Å². The van der Waals surface area contributed by atoms with E-state index < -0.39 is 0 Å². The number of likely N-dealkylation sites (N-methyl/N-ethyl adjacent to an activating group) is 1. The molecule has 74 valence electrons. The highest BCUT2D eigenvalue weighted by molar-refractivity contribution is 5.66. The minimum atomic E-state index is -0.219. The van der Waals surface area contributed by atoms with E-state index in [1.165, 1.54) is 6.20 Å². The number of halogens is 1. The topological polar surface area (TPSA) is 16.1 Å². The largest absolute Gasteiger partial charge is 0.302 e. The third-order valence-corrected chi connectivity index (χ3v) is 2.53. The smallest absolute Gasteiger partial charge is 0.148 e. The zero-order valence-electron chi connectivity index (χ0n) is 8.20. The Labute approximate surface area is 83.1 Å². The van der Waals surface area contributed by atoms with Gasteiger partial charge in [0.05, 0.1) is 6.20 Å². The maximum absolute atomic E-state index is 13.4. The molecule has 0 amide bonds. The molecule has 2 heterocycles. The fourth-order valence-corrected chi connectivity index (χ4v) is 1.65. The lowest BCUT2D eigenvalue weighted by molar-refractivity contribution is 0.369. The minimum Gasteiger partial charge on any atom is -0.302 e. The van der Waals surface area contributed by atoms with Crippen molar-refractivity contribution in [2.45, 2.75) is 6.42 Å². The van der Waals surface area contributed by atoms with Crippen molar-refractivity contribution in [2.24, 2.45) is 0 Å². The normalized spacial score (nSPS) is 18.0. The van der Waals surface area contributed by atoms with Gasteiger partial charge in [-0.15, -0.1) is 0 Å². The average Bonchev–Trinajstić information content (AvgIpc) is 2.20. The van der Waals surface area contributed by atoms with Crippen LogP contribution in [0, 0.1) is 5.82 Å². The molecular weight excluding hydrogens is 179 g/mol. The van der Waals surface area contributed by atoms with Gasteiger partial charge in [0.1, 0.15) is 5.82 Å². The molecule has 0 saturated carbocycles. The quantitative estimate of drug-likeness (QED) is 0.676. The third kappa shape index (κ3) is 1.82. The fraction of sp³-hybridized carbons (Fsp3) is 0.364. The molecule has 1 aromatic heterocycles. The van der Waals surface area contributed by atoms with Crippen molar-refractivity contribution in [3.8, 4) is 0 Å². The Kier molecular flexibility index (Phi) is 2.59. The van der Waals surface area contributed by atoms with Gasteiger partial charge in [0.25, 0.3) is 0 Å². The van der Waals surface area contributed by atoms with E-state index in [2.05, 4.69) is 23.0 Å². The molecule has 1 aliphatic heterocycles. The van der Waals surface area contributed by atoms with E-state index in [4.69, 9.17) is 0 Å². The van der Waals surface area contributed by atoms with Crippen LogP contribution >= 0.6 is 0 Å². The summed E-state index contributed by atoms with van der Waals surface area (Å²) in [4.78, 5) is 5.95. The molecule has 14 heavy (non-hydrogen) atoms. The standard InChI is InChI=1S/C11H13FN2/c1-14-6-3-9(4-7-14)10-2-5-13-8-11(10)12/h2-3,5,8H,4,6-7H2,1H3. The van der Waals surface area contributed by atoms with Crippen LogP contribution in [0.15, 0.2) is 24.5 Å². The predicted octanol–water partition coefficient (Wildman–Crippen LogP) is 1.94. The van der Waals surface area contributed by atoms with Crippen LogP contribution in [0.1, 0.15) is 12.0 Å². The van der Waals surface area contributed by atoms with Gasteiger partial charge >= 0.3 is 0 Å². The Morgan fingerprint density at radius 3 is 3.00 bits per heavy atom. The Hall–Kier alpha value is -1.22. The lowest BCUT2D eigenvalue weighted by Crippen LogP contribution is -2.23. The van der Waals surface area contributed by atoms with Gasteiger partial charge in [0.2, 0.25) is 0 Å². The van der Waals surface area contributed by atoms with Gasteiger partial charge in [0.15, 0.2) is 0 Å². The van der Waals surface area contributed by atoms with Crippen molar-refractivity contribution < 1.29 is 4.39 Å². The number of hydrogen-bond acceptors (Lipinski definition) is 2. The monoisotopic (exact) mass is 192 g/mol. The second-order valence-corrected chi connectivity index (χ2v) is 3.60. The van der Waals surface area contributed by atoms with E-state index in [0.29, 0.717) is 5.56 Å². The molecular formula is C11H13FN2. The minimum absolute atomic E-state index is 0.219. The van der Waals surface area contributed by atoms with E-state index in [1.54, 1.807) is 12.3 Å². The molecule has 0 saturated heterocycles. The molecule has 2 nitrogen and oxygen atoms in total. The van der Waals surface area contributed by atoms with Crippen molar-refractivity contribution >= 4 is 5.57 Å². The van der Waals surface area contributed by atoms with Crippen LogP contribution in [0.25, 0.3) is 5.57 Å². The molecule has 3 heteroatoms. The molecule has 0 aromatic carbocycles. The molecule has 0 radical (unpaired) electrons. The number of rotatable bonds is 1. The second-order valence-electron chi connectivity index (χ2n) is 3.60. The molecule has 0 spiro atoms. The highest BCUT2D eigenvalue weighted by atomic mass is 19.1. The van der Waals surface area contributed by atoms with Crippen LogP contribution in [0.2, 0.25) is 0 Å². The molecule has 0 bridgehead atoms. The summed E-state index contributed by atoms with van der Waals surface area (Å²) in [7, 11) is 2.07. The molecule has 0 unspecified atom stereocenters. The highest BCUT2D eigenvalue weighted by Gasteiger charge is 2.12. The SMILES string of the molecule is CN1CC=C(c2ccncc2F)CC1. The maximum Gasteiger partial charge on any atom is 0.148 e. The molecule has 0 N–H and O–H groups in total. The van der Waals surface area contributed by atoms with Gasteiger partial charge < -0.3 is 4.90 Å². The molecule has 0 fully saturated rings. The summed E-state index contributed by atoms with van der Waals surface area (Å²) >= 11 is 0. The van der Waals surface area contributed by atoms with Crippen LogP contribution in [0.3, 0.4) is 0 Å². The first kappa shape index (κ1) is 9.34. The van der Waals surface area contributed by atoms with Gasteiger partial charge in [-0.25, -0.2) is 4.39 Å². The van der Waals surface area contributed by atoms with Crippen molar-refractivity contribution in [3.05, 3.63) is 35.9 Å². The van der Waals surface area contributed by atoms with Crippen molar-refractivity contribution in [2.75, 3.05) is 20.1 Å². The summed E-state index contributed by atoms with van der Waals surface area (Å²) < 4.78 is 13.4. The number of aromatic nitrogens is 1. The first-order chi connectivity index (χ1) is 6.77. The molecule has 1 aromatic rings. The Balaban J connectivity index is 2.28.